The number of hydrogen-bond acceptors (Lipinski definition) is 4. The van der Waals surface area contributed by atoms with Crippen LogP contribution < -0.4 is 5.32 Å². The molecule has 17 heavy (non-hydrogen) atoms. The summed E-state index contributed by atoms with van der Waals surface area (Å²) >= 11 is 0. The molecule has 0 spiro atoms. The van der Waals surface area contributed by atoms with Crippen LogP contribution >= 0.6 is 0 Å². The summed E-state index contributed by atoms with van der Waals surface area (Å²) in [6.07, 6.45) is 0.936. The van der Waals surface area contributed by atoms with Crippen LogP contribution in [0.3, 0.4) is 0 Å². The maximum Gasteiger partial charge on any atom is 0.307 e. The molecule has 0 radical (unpaired) electrons. The molecule has 5 nitrogen and oxygen atoms in total. The molecule has 1 N–H and O–H groups in total. The number of hydrogen-bond donors (Lipinski definition) is 1. The lowest BCUT2D eigenvalue weighted by Gasteiger charge is -2.05. The van der Waals surface area contributed by atoms with Crippen LogP contribution in [0.4, 0.5) is 8.78 Å². The molecule has 0 bridgehead atoms. The number of amides is 1. The zero-order chi connectivity index (χ0) is 12.8. The number of esters is 1. The fourth-order valence-electron chi connectivity index (χ4n) is 1.07. The Morgan fingerprint density at radius 3 is 2.82 bits per heavy atom. The van der Waals surface area contributed by atoms with E-state index in [-0.39, 0.29) is 13.0 Å². The second-order valence-electron chi connectivity index (χ2n) is 3.05. The average Bonchev–Trinajstić information content (AvgIpc) is 2.32. The third-order valence-corrected chi connectivity index (χ3v) is 1.93. The van der Waals surface area contributed by atoms with E-state index in [1.165, 1.54) is 7.11 Å². The summed E-state index contributed by atoms with van der Waals surface area (Å²) in [6, 6.07) is 1.05. The van der Waals surface area contributed by atoms with Gasteiger partial charge in [-0.25, -0.2) is 9.37 Å². The van der Waals surface area contributed by atoms with Crippen LogP contribution in [-0.4, -0.2) is 30.5 Å². The number of nitrogens with one attached hydrogen (secondary N) is 1. The van der Waals surface area contributed by atoms with Gasteiger partial charge >= 0.3 is 5.97 Å². The Balaban J connectivity index is 2.59. The highest BCUT2D eigenvalue weighted by atomic mass is 19.2. The average molecular weight is 244 g/mol. The van der Waals surface area contributed by atoms with Gasteiger partial charge < -0.3 is 10.1 Å². The molecule has 0 aliphatic carbocycles. The molecule has 0 saturated carbocycles. The SMILES string of the molecule is COC(=O)CCNC(=O)c1ccnc(F)c1F. The van der Waals surface area contributed by atoms with Crippen molar-refractivity contribution in [2.45, 2.75) is 6.42 Å². The van der Waals surface area contributed by atoms with Gasteiger partial charge in [-0.05, 0) is 6.07 Å². The predicted octanol–water partition coefficient (Wildman–Crippen LogP) is 0.653. The van der Waals surface area contributed by atoms with Crippen LogP contribution in [0.25, 0.3) is 0 Å². The Labute approximate surface area is 95.8 Å². The first-order chi connectivity index (χ1) is 8.06. The summed E-state index contributed by atoms with van der Waals surface area (Å²) < 4.78 is 30.2. The number of halogens is 2. The largest absolute Gasteiger partial charge is 0.469 e. The van der Waals surface area contributed by atoms with Crippen LogP contribution in [0, 0.1) is 11.8 Å². The van der Waals surface area contributed by atoms with Crippen molar-refractivity contribution in [2.24, 2.45) is 0 Å². The fraction of sp³-hybridized carbons (Fsp3) is 0.300. The predicted molar refractivity (Wildman–Crippen MR) is 53.1 cm³/mol. The lowest BCUT2D eigenvalue weighted by molar-refractivity contribution is -0.140. The molecule has 0 fully saturated rings. The highest BCUT2D eigenvalue weighted by Crippen LogP contribution is 2.08. The molecule has 1 amide bonds. The fourth-order valence-corrected chi connectivity index (χ4v) is 1.07. The molecular formula is C10H10F2N2O3. The highest BCUT2D eigenvalue weighted by molar-refractivity contribution is 5.94. The topological polar surface area (TPSA) is 68.3 Å². The molecule has 7 heteroatoms. The normalized spacial score (nSPS) is 9.82. The summed E-state index contributed by atoms with van der Waals surface area (Å²) in [5.74, 6) is -3.98. The molecule has 1 rings (SSSR count). The molecule has 1 aromatic heterocycles. The number of rotatable bonds is 4. The van der Waals surface area contributed by atoms with E-state index in [1.54, 1.807) is 0 Å². The van der Waals surface area contributed by atoms with E-state index in [9.17, 15) is 18.4 Å². The lowest BCUT2D eigenvalue weighted by atomic mass is 10.2. The summed E-state index contributed by atoms with van der Waals surface area (Å²) in [6.45, 7) is -0.0190. The maximum absolute atomic E-state index is 13.1. The Bertz CT molecular complexity index is 438. The van der Waals surface area contributed by atoms with E-state index in [2.05, 4.69) is 15.0 Å². The summed E-state index contributed by atoms with van der Waals surface area (Å²) in [7, 11) is 1.21. The minimum Gasteiger partial charge on any atom is -0.469 e. The third-order valence-electron chi connectivity index (χ3n) is 1.93. The molecule has 0 aliphatic heterocycles. The molecule has 92 valence electrons. The van der Waals surface area contributed by atoms with Crippen molar-refractivity contribution in [3.63, 3.8) is 0 Å². The molecule has 1 aromatic rings. The van der Waals surface area contributed by atoms with Crippen LogP contribution in [0.15, 0.2) is 12.3 Å². The highest BCUT2D eigenvalue weighted by Gasteiger charge is 2.15. The second-order valence-corrected chi connectivity index (χ2v) is 3.05. The van der Waals surface area contributed by atoms with Gasteiger partial charge in [0.15, 0.2) is 5.82 Å². The summed E-state index contributed by atoms with van der Waals surface area (Å²) in [5.41, 5.74) is -0.456. The Morgan fingerprint density at radius 1 is 1.47 bits per heavy atom. The molecule has 0 aliphatic rings. The maximum atomic E-state index is 13.1. The first-order valence-electron chi connectivity index (χ1n) is 4.71. The minimum atomic E-state index is -1.34. The van der Waals surface area contributed by atoms with Crippen molar-refractivity contribution >= 4 is 11.9 Å². The van der Waals surface area contributed by atoms with Gasteiger partial charge in [-0.3, -0.25) is 9.59 Å². The van der Waals surface area contributed by atoms with Crippen molar-refractivity contribution in [3.8, 4) is 0 Å². The van der Waals surface area contributed by atoms with Gasteiger partial charge in [0.05, 0.1) is 19.1 Å². The van der Waals surface area contributed by atoms with Crippen LogP contribution in [0.1, 0.15) is 16.8 Å². The molecule has 0 saturated heterocycles. The molecule has 0 aromatic carbocycles. The summed E-state index contributed by atoms with van der Waals surface area (Å²) in [4.78, 5) is 25.2. The van der Waals surface area contributed by atoms with E-state index in [1.807, 2.05) is 0 Å². The molecule has 1 heterocycles. The second kappa shape index (κ2) is 5.88. The number of ether oxygens (including phenoxy) is 1. The van der Waals surface area contributed by atoms with Gasteiger partial charge in [0.2, 0.25) is 5.95 Å². The molecule has 0 unspecified atom stereocenters. The van der Waals surface area contributed by atoms with E-state index >= 15 is 0 Å². The van der Waals surface area contributed by atoms with Gasteiger partial charge in [0.25, 0.3) is 5.91 Å². The third kappa shape index (κ3) is 3.47. The van der Waals surface area contributed by atoms with Crippen molar-refractivity contribution in [1.82, 2.24) is 10.3 Å². The van der Waals surface area contributed by atoms with E-state index in [4.69, 9.17) is 0 Å². The number of pyridine rings is 1. The standard InChI is InChI=1S/C10H10F2N2O3/c1-17-7(15)3-5-14-10(16)6-2-4-13-9(12)8(6)11/h2,4H,3,5H2,1H3,(H,14,16). The van der Waals surface area contributed by atoms with Gasteiger partial charge in [-0.1, -0.05) is 0 Å². The van der Waals surface area contributed by atoms with Gasteiger partial charge in [0, 0.05) is 12.7 Å². The zero-order valence-electron chi connectivity index (χ0n) is 9.00. The Hall–Kier alpha value is -2.05. The van der Waals surface area contributed by atoms with Crippen molar-refractivity contribution < 1.29 is 23.1 Å². The summed E-state index contributed by atoms with van der Waals surface area (Å²) in [5, 5.41) is 2.26. The van der Waals surface area contributed by atoms with Gasteiger partial charge in [-0.15, -0.1) is 0 Å². The number of aromatic nitrogens is 1. The zero-order valence-corrected chi connectivity index (χ0v) is 9.00. The van der Waals surface area contributed by atoms with E-state index < -0.39 is 29.2 Å². The molecule has 0 atom stereocenters. The van der Waals surface area contributed by atoms with Gasteiger partial charge in [-0.2, -0.15) is 4.39 Å². The number of nitrogens with zero attached hydrogens (tertiary/aromatic N) is 1. The van der Waals surface area contributed by atoms with Crippen molar-refractivity contribution in [3.05, 3.63) is 29.6 Å². The van der Waals surface area contributed by atoms with E-state index in [0.717, 1.165) is 12.3 Å². The van der Waals surface area contributed by atoms with Crippen molar-refractivity contribution in [2.75, 3.05) is 13.7 Å². The van der Waals surface area contributed by atoms with Crippen LogP contribution in [0.5, 0.6) is 0 Å². The Morgan fingerprint density at radius 2 is 2.18 bits per heavy atom. The lowest BCUT2D eigenvalue weighted by Crippen LogP contribution is -2.27. The minimum absolute atomic E-state index is 0.0190. The smallest absolute Gasteiger partial charge is 0.307 e. The number of carbonyl (C=O) groups is 2. The monoisotopic (exact) mass is 244 g/mol. The van der Waals surface area contributed by atoms with Crippen molar-refractivity contribution in [1.29, 1.82) is 0 Å². The van der Waals surface area contributed by atoms with E-state index in [0.29, 0.717) is 0 Å². The quantitative estimate of drug-likeness (QED) is 0.623. The molecular weight excluding hydrogens is 234 g/mol. The van der Waals surface area contributed by atoms with Crippen LogP contribution in [0.2, 0.25) is 0 Å². The number of carbonyl (C=O) groups excluding carboxylic acids is 2. The first kappa shape index (κ1) is 13.0. The van der Waals surface area contributed by atoms with Crippen LogP contribution in [-0.2, 0) is 9.53 Å². The van der Waals surface area contributed by atoms with Gasteiger partial charge in [0.1, 0.15) is 0 Å². The number of methoxy groups -OCH3 is 1. The Kier molecular flexibility index (Phi) is 4.50. The first-order valence-corrected chi connectivity index (χ1v) is 4.71.